The van der Waals surface area contributed by atoms with E-state index in [1.807, 2.05) is 57.2 Å². The molecule has 152 valence electrons. The number of nitrogens with zero attached hydrogens (tertiary/aromatic N) is 6. The number of tetrazole rings is 1. The predicted octanol–water partition coefficient (Wildman–Crippen LogP) is 3.04. The molecule has 4 aromatic rings. The average molecular weight is 402 g/mol. The van der Waals surface area contributed by atoms with Crippen LogP contribution in [0.1, 0.15) is 37.0 Å². The van der Waals surface area contributed by atoms with Crippen LogP contribution in [0.4, 0.5) is 11.5 Å². The van der Waals surface area contributed by atoms with E-state index < -0.39 is 0 Å². The van der Waals surface area contributed by atoms with Crippen molar-refractivity contribution in [2.24, 2.45) is 0 Å². The molecule has 2 N–H and O–H groups in total. The van der Waals surface area contributed by atoms with Gasteiger partial charge in [-0.3, -0.25) is 4.79 Å². The third kappa shape index (κ3) is 4.24. The Morgan fingerprint density at radius 3 is 2.53 bits per heavy atom. The highest BCUT2D eigenvalue weighted by Crippen LogP contribution is 2.22. The van der Waals surface area contributed by atoms with Crippen LogP contribution in [0.2, 0.25) is 0 Å². The molecule has 1 amide bonds. The molecule has 0 bridgehead atoms. The molecule has 4 rings (SSSR count). The Hall–Kier alpha value is -3.88. The number of amides is 1. The van der Waals surface area contributed by atoms with Crippen molar-refractivity contribution in [3.8, 4) is 0 Å². The van der Waals surface area contributed by atoms with Crippen LogP contribution in [0.15, 0.2) is 54.9 Å². The molecule has 2 aromatic heterocycles. The lowest BCUT2D eigenvalue weighted by molar-refractivity contribution is 0.0950. The van der Waals surface area contributed by atoms with E-state index in [0.717, 1.165) is 16.6 Å². The monoisotopic (exact) mass is 402 g/mol. The Kier molecular flexibility index (Phi) is 5.09. The van der Waals surface area contributed by atoms with E-state index in [4.69, 9.17) is 0 Å². The highest BCUT2D eigenvalue weighted by Gasteiger charge is 2.17. The number of nitrogens with one attached hydrogen (secondary N) is 2. The second-order valence-corrected chi connectivity index (χ2v) is 7.79. The summed E-state index contributed by atoms with van der Waals surface area (Å²) in [7, 11) is 0. The van der Waals surface area contributed by atoms with E-state index in [0.29, 0.717) is 17.2 Å². The van der Waals surface area contributed by atoms with E-state index in [1.54, 1.807) is 12.1 Å². The van der Waals surface area contributed by atoms with Crippen molar-refractivity contribution in [3.05, 3.63) is 66.2 Å². The van der Waals surface area contributed by atoms with E-state index in [2.05, 4.69) is 36.0 Å². The number of benzene rings is 2. The second-order valence-electron chi connectivity index (χ2n) is 7.79. The van der Waals surface area contributed by atoms with Gasteiger partial charge in [0.05, 0.1) is 17.6 Å². The minimum atomic E-state index is -0.257. The summed E-state index contributed by atoms with van der Waals surface area (Å²) in [6, 6.07) is 14.9. The summed E-state index contributed by atoms with van der Waals surface area (Å²) in [5, 5.41) is 19.3. The smallest absolute Gasteiger partial charge is 0.251 e. The quantitative estimate of drug-likeness (QED) is 0.528. The molecule has 0 spiro atoms. The first-order valence-electron chi connectivity index (χ1n) is 9.54. The average Bonchev–Trinajstić information content (AvgIpc) is 3.23. The molecule has 2 heterocycles. The van der Waals surface area contributed by atoms with Gasteiger partial charge in [0.25, 0.3) is 5.91 Å². The Bertz CT molecular complexity index is 1170. The van der Waals surface area contributed by atoms with E-state index in [9.17, 15) is 4.79 Å². The fraction of sp³-hybridized carbons (Fsp3) is 0.238. The number of fused-ring (bicyclic) bond motifs is 1. The minimum absolute atomic E-state index is 0.207. The van der Waals surface area contributed by atoms with E-state index >= 15 is 0 Å². The summed E-state index contributed by atoms with van der Waals surface area (Å²) in [6.45, 7) is 6.16. The Labute approximate surface area is 173 Å². The third-order valence-corrected chi connectivity index (χ3v) is 4.41. The van der Waals surface area contributed by atoms with E-state index in [1.165, 1.54) is 11.1 Å². The molecular formula is C21H22N8O. The highest BCUT2D eigenvalue weighted by atomic mass is 16.1. The molecule has 0 unspecified atom stereocenters. The molecular weight excluding hydrogens is 380 g/mol. The molecule has 0 saturated carbocycles. The van der Waals surface area contributed by atoms with Gasteiger partial charge in [-0.15, -0.1) is 10.2 Å². The summed E-state index contributed by atoms with van der Waals surface area (Å²) in [5.41, 5.74) is 1.97. The number of hydrogen-bond acceptors (Lipinski definition) is 7. The van der Waals surface area contributed by atoms with Gasteiger partial charge in [-0.1, -0.05) is 12.1 Å². The van der Waals surface area contributed by atoms with Gasteiger partial charge in [-0.25, -0.2) is 9.97 Å². The van der Waals surface area contributed by atoms with Gasteiger partial charge in [-0.05, 0) is 62.4 Å². The van der Waals surface area contributed by atoms with Crippen LogP contribution in [0.3, 0.4) is 0 Å². The van der Waals surface area contributed by atoms with Crippen molar-refractivity contribution in [2.75, 3.05) is 5.32 Å². The lowest BCUT2D eigenvalue weighted by Crippen LogP contribution is -2.26. The van der Waals surface area contributed by atoms with Crippen molar-refractivity contribution in [3.63, 3.8) is 0 Å². The van der Waals surface area contributed by atoms with Crippen LogP contribution in [0.25, 0.3) is 10.9 Å². The number of hydrogen-bond donors (Lipinski definition) is 2. The fourth-order valence-corrected chi connectivity index (χ4v) is 2.81. The third-order valence-electron chi connectivity index (χ3n) is 4.41. The Balaban J connectivity index is 1.40. The number of para-hydroxylation sites is 1. The first-order chi connectivity index (χ1) is 14.4. The number of anilines is 2. The van der Waals surface area contributed by atoms with Gasteiger partial charge in [0.15, 0.2) is 5.82 Å². The van der Waals surface area contributed by atoms with Crippen molar-refractivity contribution >= 4 is 28.3 Å². The first-order valence-corrected chi connectivity index (χ1v) is 9.54. The van der Waals surface area contributed by atoms with Crippen LogP contribution in [0, 0.1) is 0 Å². The van der Waals surface area contributed by atoms with Crippen LogP contribution < -0.4 is 10.6 Å². The minimum Gasteiger partial charge on any atom is -0.345 e. The van der Waals surface area contributed by atoms with Gasteiger partial charge in [0, 0.05) is 16.6 Å². The maximum Gasteiger partial charge on any atom is 0.251 e. The number of aromatic nitrogens is 6. The van der Waals surface area contributed by atoms with Gasteiger partial charge >= 0.3 is 0 Å². The summed E-state index contributed by atoms with van der Waals surface area (Å²) in [4.78, 5) is 22.5. The Morgan fingerprint density at radius 1 is 1.03 bits per heavy atom. The molecule has 0 saturated heterocycles. The zero-order chi connectivity index (χ0) is 21.1. The zero-order valence-electron chi connectivity index (χ0n) is 17.0. The molecule has 9 nitrogen and oxygen atoms in total. The maximum atomic E-state index is 12.4. The number of rotatable bonds is 5. The largest absolute Gasteiger partial charge is 0.345 e. The van der Waals surface area contributed by atoms with E-state index in [-0.39, 0.29) is 18.0 Å². The maximum absolute atomic E-state index is 12.4. The predicted molar refractivity (Wildman–Crippen MR) is 113 cm³/mol. The number of carbonyl (C=O) groups excluding carboxylic acids is 1. The summed E-state index contributed by atoms with van der Waals surface area (Å²) < 4.78 is 0. The highest BCUT2D eigenvalue weighted by molar-refractivity contribution is 5.95. The standard InChI is InChI=1S/C21H22N8O/c1-21(2,3)29-27-18(26-28-29)12-22-20(30)14-8-10-15(11-9-14)25-19-16-6-4-5-7-17(16)23-13-24-19/h4-11,13H,12H2,1-3H3,(H,22,30)(H,23,24,25). The molecule has 9 heteroatoms. The molecule has 0 radical (unpaired) electrons. The number of carbonyl (C=O) groups is 1. The molecule has 0 aliphatic rings. The van der Waals surface area contributed by atoms with Crippen molar-refractivity contribution in [1.82, 2.24) is 35.5 Å². The Morgan fingerprint density at radius 2 is 1.80 bits per heavy atom. The van der Waals surface area contributed by atoms with Crippen LogP contribution in [-0.4, -0.2) is 36.1 Å². The molecule has 30 heavy (non-hydrogen) atoms. The van der Waals surface area contributed by atoms with Crippen LogP contribution >= 0.6 is 0 Å². The fourth-order valence-electron chi connectivity index (χ4n) is 2.81. The lowest BCUT2D eigenvalue weighted by Gasteiger charge is -2.15. The van der Waals surface area contributed by atoms with Crippen molar-refractivity contribution in [1.29, 1.82) is 0 Å². The SMILES string of the molecule is CC(C)(C)n1nnc(CNC(=O)c2ccc(Nc3ncnc4ccccc34)cc2)n1. The topological polar surface area (TPSA) is 111 Å². The second kappa shape index (κ2) is 7.86. The van der Waals surface area contributed by atoms with Crippen molar-refractivity contribution in [2.45, 2.75) is 32.9 Å². The lowest BCUT2D eigenvalue weighted by atomic mass is 10.1. The normalized spacial score (nSPS) is 11.4. The van der Waals surface area contributed by atoms with Gasteiger partial charge in [0.2, 0.25) is 0 Å². The van der Waals surface area contributed by atoms with Gasteiger partial charge < -0.3 is 10.6 Å². The van der Waals surface area contributed by atoms with Crippen LogP contribution in [0.5, 0.6) is 0 Å². The first kappa shape index (κ1) is 19.4. The van der Waals surface area contributed by atoms with Crippen LogP contribution in [-0.2, 0) is 12.1 Å². The molecule has 2 aromatic carbocycles. The van der Waals surface area contributed by atoms with Gasteiger partial charge in [0.1, 0.15) is 12.1 Å². The molecule has 0 atom stereocenters. The molecule has 0 aliphatic carbocycles. The molecule has 0 fully saturated rings. The van der Waals surface area contributed by atoms with Gasteiger partial charge in [-0.2, -0.15) is 4.80 Å². The summed E-state index contributed by atoms with van der Waals surface area (Å²) in [5.74, 6) is 0.971. The molecule has 0 aliphatic heterocycles. The summed E-state index contributed by atoms with van der Waals surface area (Å²) in [6.07, 6.45) is 1.52. The van der Waals surface area contributed by atoms with Crippen molar-refractivity contribution < 1.29 is 4.79 Å². The zero-order valence-corrected chi connectivity index (χ0v) is 17.0. The summed E-state index contributed by atoms with van der Waals surface area (Å²) >= 11 is 0.